The van der Waals surface area contributed by atoms with Gasteiger partial charge < -0.3 is 9.64 Å². The van der Waals surface area contributed by atoms with E-state index < -0.39 is 0 Å². The fourth-order valence-electron chi connectivity index (χ4n) is 3.45. The molecule has 0 aliphatic carbocycles. The molecule has 6 heteroatoms. The van der Waals surface area contributed by atoms with Gasteiger partial charge in [-0.15, -0.1) is 0 Å². The number of anilines is 1. The Morgan fingerprint density at radius 1 is 1.03 bits per heavy atom. The molecule has 3 aromatic carbocycles. The summed E-state index contributed by atoms with van der Waals surface area (Å²) in [7, 11) is 1.81. The maximum Gasteiger partial charge on any atom is 0.240 e. The molecule has 1 amide bonds. The van der Waals surface area contributed by atoms with E-state index in [0.29, 0.717) is 6.61 Å². The standard InChI is InChI=1S/C25H25N3O2S/c1-4-30-21-16-14-20(15-17-21)28-23-13-9-8-12-22(23)26-25(28)31-18(2)24(29)27(3)19-10-6-5-7-11-19/h5-18H,4H2,1-3H3/t18-/m1/s1. The van der Waals surface area contributed by atoms with Crippen LogP contribution in [0.5, 0.6) is 5.75 Å². The molecule has 0 saturated heterocycles. The number of imidazole rings is 1. The minimum absolute atomic E-state index is 0.0292. The Morgan fingerprint density at radius 3 is 2.42 bits per heavy atom. The maximum absolute atomic E-state index is 13.1. The van der Waals surface area contributed by atoms with E-state index in [1.165, 1.54) is 11.8 Å². The van der Waals surface area contributed by atoms with Gasteiger partial charge in [-0.1, -0.05) is 42.1 Å². The molecule has 158 valence electrons. The zero-order valence-corrected chi connectivity index (χ0v) is 18.7. The molecule has 0 bridgehead atoms. The van der Waals surface area contributed by atoms with Gasteiger partial charge in [0.1, 0.15) is 5.75 Å². The summed E-state index contributed by atoms with van der Waals surface area (Å²) in [6.45, 7) is 4.52. The molecule has 31 heavy (non-hydrogen) atoms. The van der Waals surface area contributed by atoms with Crippen molar-refractivity contribution in [1.82, 2.24) is 9.55 Å². The third-order valence-electron chi connectivity index (χ3n) is 5.04. The SMILES string of the molecule is CCOc1ccc(-n2c(S[C@H](C)C(=O)N(C)c3ccccc3)nc3ccccc32)cc1. The van der Waals surface area contributed by atoms with Crippen molar-refractivity contribution in [2.45, 2.75) is 24.3 Å². The highest BCUT2D eigenvalue weighted by molar-refractivity contribution is 8.00. The molecule has 0 unspecified atom stereocenters. The van der Waals surface area contributed by atoms with Crippen molar-refractivity contribution in [3.63, 3.8) is 0 Å². The molecule has 0 fully saturated rings. The fourth-order valence-corrected chi connectivity index (χ4v) is 4.49. The van der Waals surface area contributed by atoms with E-state index in [1.807, 2.05) is 99.8 Å². The summed E-state index contributed by atoms with van der Waals surface area (Å²) in [6, 6.07) is 25.7. The highest BCUT2D eigenvalue weighted by atomic mass is 32.2. The van der Waals surface area contributed by atoms with Gasteiger partial charge in [-0.2, -0.15) is 0 Å². The lowest BCUT2D eigenvalue weighted by atomic mass is 10.2. The van der Waals surface area contributed by atoms with Gasteiger partial charge >= 0.3 is 0 Å². The summed E-state index contributed by atoms with van der Waals surface area (Å²) in [5, 5.41) is 0.483. The highest BCUT2D eigenvalue weighted by Crippen LogP contribution is 2.32. The second-order valence-corrected chi connectivity index (χ2v) is 8.45. The molecule has 0 spiro atoms. The first kappa shape index (κ1) is 21.0. The molecular weight excluding hydrogens is 406 g/mol. The predicted octanol–water partition coefficient (Wildman–Crippen LogP) is 5.57. The largest absolute Gasteiger partial charge is 0.494 e. The Hall–Kier alpha value is -3.25. The minimum atomic E-state index is -0.302. The number of aromatic nitrogens is 2. The van der Waals surface area contributed by atoms with Crippen LogP contribution in [0.15, 0.2) is 84.0 Å². The molecule has 0 N–H and O–H groups in total. The Bertz CT molecular complexity index is 1170. The number of fused-ring (bicyclic) bond motifs is 1. The van der Waals surface area contributed by atoms with E-state index in [-0.39, 0.29) is 11.2 Å². The minimum Gasteiger partial charge on any atom is -0.494 e. The Kier molecular flexibility index (Phi) is 6.28. The van der Waals surface area contributed by atoms with Gasteiger partial charge in [-0.25, -0.2) is 4.98 Å². The normalized spacial score (nSPS) is 12.0. The van der Waals surface area contributed by atoms with Gasteiger partial charge in [0.15, 0.2) is 5.16 Å². The van der Waals surface area contributed by atoms with Crippen molar-refractivity contribution in [2.24, 2.45) is 0 Å². The van der Waals surface area contributed by atoms with E-state index in [2.05, 4.69) is 4.57 Å². The summed E-state index contributed by atoms with van der Waals surface area (Å²) in [4.78, 5) is 19.6. The van der Waals surface area contributed by atoms with Crippen molar-refractivity contribution in [1.29, 1.82) is 0 Å². The number of amides is 1. The fraction of sp³-hybridized carbons (Fsp3) is 0.200. The van der Waals surface area contributed by atoms with E-state index in [1.54, 1.807) is 4.90 Å². The molecule has 0 aliphatic heterocycles. The lowest BCUT2D eigenvalue weighted by Crippen LogP contribution is -2.33. The smallest absolute Gasteiger partial charge is 0.240 e. The third-order valence-corrected chi connectivity index (χ3v) is 6.08. The average Bonchev–Trinajstić information content (AvgIpc) is 3.17. The number of ether oxygens (including phenoxy) is 1. The van der Waals surface area contributed by atoms with Crippen LogP contribution in [0.3, 0.4) is 0 Å². The van der Waals surface area contributed by atoms with Gasteiger partial charge in [-0.3, -0.25) is 9.36 Å². The molecule has 0 saturated carbocycles. The van der Waals surface area contributed by atoms with Crippen LogP contribution in [0.2, 0.25) is 0 Å². The van der Waals surface area contributed by atoms with Gasteiger partial charge in [0.05, 0.1) is 22.9 Å². The topological polar surface area (TPSA) is 47.4 Å². The van der Waals surface area contributed by atoms with Gasteiger partial charge in [0, 0.05) is 18.4 Å². The van der Waals surface area contributed by atoms with E-state index in [9.17, 15) is 4.79 Å². The van der Waals surface area contributed by atoms with E-state index in [0.717, 1.165) is 33.3 Å². The Morgan fingerprint density at radius 2 is 1.71 bits per heavy atom. The Balaban J connectivity index is 1.66. The monoisotopic (exact) mass is 431 g/mol. The second-order valence-electron chi connectivity index (χ2n) is 7.14. The zero-order chi connectivity index (χ0) is 21.8. The molecule has 0 radical (unpaired) electrons. The second kappa shape index (κ2) is 9.27. The summed E-state index contributed by atoms with van der Waals surface area (Å²) < 4.78 is 7.68. The molecule has 1 aromatic heterocycles. The molecule has 1 atom stereocenters. The predicted molar refractivity (Wildman–Crippen MR) is 127 cm³/mol. The first-order chi connectivity index (χ1) is 15.1. The van der Waals surface area contributed by atoms with Crippen LogP contribution in [0.25, 0.3) is 16.7 Å². The number of rotatable bonds is 7. The molecule has 4 aromatic rings. The lowest BCUT2D eigenvalue weighted by Gasteiger charge is -2.21. The number of carbonyl (C=O) groups is 1. The number of thioether (sulfide) groups is 1. The third kappa shape index (κ3) is 4.44. The van der Waals surface area contributed by atoms with Gasteiger partial charge in [0.2, 0.25) is 5.91 Å². The van der Waals surface area contributed by atoms with Crippen LogP contribution < -0.4 is 9.64 Å². The average molecular weight is 432 g/mol. The number of benzene rings is 3. The molecule has 4 rings (SSSR count). The first-order valence-electron chi connectivity index (χ1n) is 10.3. The van der Waals surface area contributed by atoms with Crippen molar-refractivity contribution in [3.8, 4) is 11.4 Å². The zero-order valence-electron chi connectivity index (χ0n) is 17.9. The first-order valence-corrected chi connectivity index (χ1v) is 11.2. The summed E-state index contributed by atoms with van der Waals surface area (Å²) in [5.74, 6) is 0.861. The number of nitrogens with zero attached hydrogens (tertiary/aromatic N) is 3. The lowest BCUT2D eigenvalue weighted by molar-refractivity contribution is -0.117. The summed E-state index contributed by atoms with van der Waals surface area (Å²) >= 11 is 1.47. The number of para-hydroxylation sites is 3. The van der Waals surface area contributed by atoms with Gasteiger partial charge in [-0.05, 0) is 62.4 Å². The van der Waals surface area contributed by atoms with Crippen LogP contribution in [0, 0.1) is 0 Å². The van der Waals surface area contributed by atoms with Crippen LogP contribution >= 0.6 is 11.8 Å². The van der Waals surface area contributed by atoms with Crippen molar-refractivity contribution >= 4 is 34.4 Å². The molecule has 5 nitrogen and oxygen atoms in total. The quantitative estimate of drug-likeness (QED) is 0.359. The summed E-state index contributed by atoms with van der Waals surface area (Å²) in [6.07, 6.45) is 0. The molecule has 1 heterocycles. The summed E-state index contributed by atoms with van der Waals surface area (Å²) in [5.41, 5.74) is 3.76. The van der Waals surface area contributed by atoms with Crippen LogP contribution in [0.1, 0.15) is 13.8 Å². The van der Waals surface area contributed by atoms with E-state index >= 15 is 0 Å². The van der Waals surface area contributed by atoms with Crippen molar-refractivity contribution < 1.29 is 9.53 Å². The highest BCUT2D eigenvalue weighted by Gasteiger charge is 2.23. The van der Waals surface area contributed by atoms with Gasteiger partial charge in [0.25, 0.3) is 0 Å². The molecular formula is C25H25N3O2S. The number of hydrogen-bond donors (Lipinski definition) is 0. The number of carbonyl (C=O) groups excluding carboxylic acids is 1. The van der Waals surface area contributed by atoms with Crippen molar-refractivity contribution in [2.75, 3.05) is 18.6 Å². The van der Waals surface area contributed by atoms with Crippen LogP contribution in [-0.4, -0.2) is 34.4 Å². The van der Waals surface area contributed by atoms with Crippen molar-refractivity contribution in [3.05, 3.63) is 78.9 Å². The van der Waals surface area contributed by atoms with Crippen LogP contribution in [-0.2, 0) is 4.79 Å². The Labute approximate surface area is 186 Å². The van der Waals surface area contributed by atoms with E-state index in [4.69, 9.17) is 9.72 Å². The maximum atomic E-state index is 13.1. The number of hydrogen-bond acceptors (Lipinski definition) is 4. The molecule has 0 aliphatic rings. The van der Waals surface area contributed by atoms with Crippen LogP contribution in [0.4, 0.5) is 5.69 Å².